The number of rotatable bonds is 6. The molecule has 0 atom stereocenters. The van der Waals surface area contributed by atoms with Crippen LogP contribution in [0.2, 0.25) is 0 Å². The Labute approximate surface area is 185 Å². The summed E-state index contributed by atoms with van der Waals surface area (Å²) < 4.78 is 92.7. The predicted molar refractivity (Wildman–Crippen MR) is 113 cm³/mol. The molecule has 1 amide bonds. The summed E-state index contributed by atoms with van der Waals surface area (Å²) in [6.07, 6.45) is -2.21. The summed E-state index contributed by atoms with van der Waals surface area (Å²) in [4.78, 5) is 11.2. The lowest BCUT2D eigenvalue weighted by Gasteiger charge is -2.12. The van der Waals surface area contributed by atoms with Gasteiger partial charge in [-0.25, -0.2) is 17.2 Å². The number of sulfonamides is 1. The zero-order valence-corrected chi connectivity index (χ0v) is 17.3. The topological polar surface area (TPSA) is 75.3 Å². The number of carbonyl (C=O) groups is 1. The first-order chi connectivity index (χ1) is 15.4. The number of halogens is 5. The molecular weight excluding hydrogens is 467 g/mol. The first kappa shape index (κ1) is 23.9. The number of alkyl halides is 3. The number of anilines is 2. The molecule has 0 aliphatic heterocycles. The number of nitrogens with one attached hydrogen (secondary N) is 2. The van der Waals surface area contributed by atoms with Gasteiger partial charge in [0.2, 0.25) is 5.91 Å². The van der Waals surface area contributed by atoms with Gasteiger partial charge in [-0.1, -0.05) is 18.2 Å². The fourth-order valence-electron chi connectivity index (χ4n) is 2.69. The average molecular weight is 482 g/mol. The highest BCUT2D eigenvalue weighted by Crippen LogP contribution is 2.31. The van der Waals surface area contributed by atoms with Gasteiger partial charge in [0, 0.05) is 17.5 Å². The SMILES string of the molecule is O=C(C=Cc1ccc(F)cc1)Nc1ccc(F)c(S(=O)(=O)Nc2cccc(C(F)(F)F)c2)c1. The van der Waals surface area contributed by atoms with E-state index in [9.17, 15) is 35.2 Å². The van der Waals surface area contributed by atoms with Crippen LogP contribution in [0.1, 0.15) is 11.1 Å². The van der Waals surface area contributed by atoms with Gasteiger partial charge >= 0.3 is 6.18 Å². The number of amides is 1. The molecule has 33 heavy (non-hydrogen) atoms. The summed E-state index contributed by atoms with van der Waals surface area (Å²) in [5.41, 5.74) is -1.05. The highest BCUT2D eigenvalue weighted by Gasteiger charge is 2.31. The Morgan fingerprint density at radius 1 is 0.879 bits per heavy atom. The lowest BCUT2D eigenvalue weighted by Crippen LogP contribution is -2.16. The summed E-state index contributed by atoms with van der Waals surface area (Å²) in [7, 11) is -4.62. The van der Waals surface area contributed by atoms with Gasteiger partial charge in [-0.2, -0.15) is 13.2 Å². The van der Waals surface area contributed by atoms with Gasteiger partial charge in [0.05, 0.1) is 5.56 Å². The summed E-state index contributed by atoms with van der Waals surface area (Å²) in [6, 6.07) is 11.4. The van der Waals surface area contributed by atoms with Gasteiger partial charge in [-0.3, -0.25) is 9.52 Å². The average Bonchev–Trinajstić information content (AvgIpc) is 2.74. The van der Waals surface area contributed by atoms with Crippen LogP contribution in [0.25, 0.3) is 6.08 Å². The van der Waals surface area contributed by atoms with E-state index in [0.717, 1.165) is 42.5 Å². The fourth-order valence-corrected chi connectivity index (χ4v) is 3.84. The molecule has 0 unspecified atom stereocenters. The van der Waals surface area contributed by atoms with Crippen molar-refractivity contribution in [3.63, 3.8) is 0 Å². The highest BCUT2D eigenvalue weighted by atomic mass is 32.2. The maximum Gasteiger partial charge on any atom is 0.416 e. The third-order valence-corrected chi connectivity index (χ3v) is 5.62. The van der Waals surface area contributed by atoms with E-state index in [0.29, 0.717) is 11.6 Å². The van der Waals surface area contributed by atoms with E-state index < -0.39 is 49.9 Å². The van der Waals surface area contributed by atoms with Crippen molar-refractivity contribution in [1.82, 2.24) is 0 Å². The lowest BCUT2D eigenvalue weighted by molar-refractivity contribution is -0.137. The van der Waals surface area contributed by atoms with E-state index in [4.69, 9.17) is 0 Å². The van der Waals surface area contributed by atoms with Crippen molar-refractivity contribution in [3.05, 3.63) is 95.6 Å². The minimum atomic E-state index is -4.70. The zero-order valence-electron chi connectivity index (χ0n) is 16.5. The number of carbonyl (C=O) groups excluding carboxylic acids is 1. The quantitative estimate of drug-likeness (QED) is 0.363. The molecule has 0 saturated heterocycles. The van der Waals surface area contributed by atoms with Gasteiger partial charge in [0.15, 0.2) is 0 Å². The van der Waals surface area contributed by atoms with Crippen LogP contribution in [0.3, 0.4) is 0 Å². The third-order valence-electron chi connectivity index (χ3n) is 4.23. The number of hydrogen-bond acceptors (Lipinski definition) is 3. The van der Waals surface area contributed by atoms with Crippen molar-refractivity contribution in [1.29, 1.82) is 0 Å². The van der Waals surface area contributed by atoms with Crippen LogP contribution in [0.4, 0.5) is 33.3 Å². The Bertz CT molecular complexity index is 1300. The van der Waals surface area contributed by atoms with Crippen LogP contribution < -0.4 is 10.0 Å². The number of hydrogen-bond donors (Lipinski definition) is 2. The summed E-state index contributed by atoms with van der Waals surface area (Å²) in [5, 5.41) is 2.35. The van der Waals surface area contributed by atoms with Gasteiger partial charge in [-0.05, 0) is 60.2 Å². The van der Waals surface area contributed by atoms with Crippen LogP contribution >= 0.6 is 0 Å². The first-order valence-corrected chi connectivity index (χ1v) is 10.7. The summed E-state index contributed by atoms with van der Waals surface area (Å²) >= 11 is 0. The Morgan fingerprint density at radius 2 is 1.58 bits per heavy atom. The molecule has 3 aromatic carbocycles. The third kappa shape index (κ3) is 6.39. The van der Waals surface area contributed by atoms with E-state index in [1.54, 1.807) is 0 Å². The largest absolute Gasteiger partial charge is 0.416 e. The smallest absolute Gasteiger partial charge is 0.322 e. The second-order valence-corrected chi connectivity index (χ2v) is 8.35. The first-order valence-electron chi connectivity index (χ1n) is 9.18. The van der Waals surface area contributed by atoms with E-state index in [1.165, 1.54) is 30.3 Å². The molecule has 0 bridgehead atoms. The van der Waals surface area contributed by atoms with Crippen molar-refractivity contribution in [3.8, 4) is 0 Å². The Kier molecular flexibility index (Phi) is 6.82. The normalized spacial score (nSPS) is 12.0. The highest BCUT2D eigenvalue weighted by molar-refractivity contribution is 7.92. The number of benzene rings is 3. The second-order valence-electron chi connectivity index (χ2n) is 6.70. The van der Waals surface area contributed by atoms with Crippen LogP contribution in [0, 0.1) is 11.6 Å². The van der Waals surface area contributed by atoms with Crippen molar-refractivity contribution < 1.29 is 35.2 Å². The van der Waals surface area contributed by atoms with E-state index >= 15 is 0 Å². The van der Waals surface area contributed by atoms with Crippen LogP contribution in [0.15, 0.2) is 77.7 Å². The zero-order chi connectivity index (χ0) is 24.2. The molecule has 0 spiro atoms. The molecule has 0 aliphatic carbocycles. The minimum Gasteiger partial charge on any atom is -0.322 e. The maximum atomic E-state index is 14.2. The molecule has 3 rings (SSSR count). The monoisotopic (exact) mass is 482 g/mol. The molecule has 0 heterocycles. The van der Waals surface area contributed by atoms with Crippen molar-refractivity contribution in [2.45, 2.75) is 11.1 Å². The Morgan fingerprint density at radius 3 is 2.24 bits per heavy atom. The summed E-state index contributed by atoms with van der Waals surface area (Å²) in [5.74, 6) is -2.30. The molecule has 0 saturated carbocycles. The molecule has 172 valence electrons. The minimum absolute atomic E-state index is 0.0745. The standard InChI is InChI=1S/C22H15F5N2O3S/c23-16-7-4-14(5-8-16)6-11-21(30)28-17-9-10-19(24)20(13-17)33(31,32)29-18-3-1-2-15(12-18)22(25,26)27/h1-13,29H,(H,28,30). The fraction of sp³-hybridized carbons (Fsp3) is 0.0455. The molecular formula is C22H15F5N2O3S. The van der Waals surface area contributed by atoms with Crippen molar-refractivity contribution in [2.75, 3.05) is 10.0 Å². The molecule has 5 nitrogen and oxygen atoms in total. The van der Waals surface area contributed by atoms with E-state index in [2.05, 4.69) is 5.32 Å². The van der Waals surface area contributed by atoms with Gasteiger partial charge in [-0.15, -0.1) is 0 Å². The van der Waals surface area contributed by atoms with Crippen LogP contribution in [-0.2, 0) is 21.0 Å². The molecule has 0 aliphatic rings. The summed E-state index contributed by atoms with van der Waals surface area (Å²) in [6.45, 7) is 0. The Balaban J connectivity index is 1.79. The lowest BCUT2D eigenvalue weighted by atomic mass is 10.2. The van der Waals surface area contributed by atoms with Crippen molar-refractivity contribution >= 4 is 33.4 Å². The van der Waals surface area contributed by atoms with Gasteiger partial charge < -0.3 is 5.32 Å². The van der Waals surface area contributed by atoms with E-state index in [-0.39, 0.29) is 5.69 Å². The maximum absolute atomic E-state index is 14.2. The molecule has 0 fully saturated rings. The molecule has 0 radical (unpaired) electrons. The second kappa shape index (κ2) is 9.41. The molecule has 0 aromatic heterocycles. The molecule has 3 aromatic rings. The predicted octanol–water partition coefficient (Wildman–Crippen LogP) is 5.44. The molecule has 11 heteroatoms. The van der Waals surface area contributed by atoms with E-state index in [1.807, 2.05) is 4.72 Å². The van der Waals surface area contributed by atoms with Gasteiger partial charge in [0.1, 0.15) is 16.5 Å². The molecule has 2 N–H and O–H groups in total. The van der Waals surface area contributed by atoms with Gasteiger partial charge in [0.25, 0.3) is 10.0 Å². The Hall–Kier alpha value is -3.73. The van der Waals surface area contributed by atoms with Crippen molar-refractivity contribution in [2.24, 2.45) is 0 Å². The van der Waals surface area contributed by atoms with Crippen LogP contribution in [0.5, 0.6) is 0 Å². The van der Waals surface area contributed by atoms with Crippen LogP contribution in [-0.4, -0.2) is 14.3 Å².